The minimum Gasteiger partial charge on any atom is -0.340 e. The first-order valence-corrected chi connectivity index (χ1v) is 14.4. The number of nitrogens with one attached hydrogen (secondary N) is 1. The van der Waals surface area contributed by atoms with E-state index in [9.17, 15) is 18.0 Å². The van der Waals surface area contributed by atoms with Gasteiger partial charge in [0.15, 0.2) is 0 Å². The molecule has 2 amide bonds. The lowest BCUT2D eigenvalue weighted by Gasteiger charge is -2.36. The van der Waals surface area contributed by atoms with Crippen molar-refractivity contribution in [1.82, 2.24) is 14.5 Å². The van der Waals surface area contributed by atoms with E-state index in [1.165, 1.54) is 16.5 Å². The maximum Gasteiger partial charge on any atom is 0.245 e. The third-order valence-corrected chi connectivity index (χ3v) is 9.15. The second-order valence-corrected chi connectivity index (χ2v) is 12.0. The van der Waals surface area contributed by atoms with Crippen LogP contribution >= 0.6 is 11.6 Å². The highest BCUT2D eigenvalue weighted by atomic mass is 35.5. The van der Waals surface area contributed by atoms with Crippen molar-refractivity contribution >= 4 is 44.2 Å². The largest absolute Gasteiger partial charge is 0.340 e. The van der Waals surface area contributed by atoms with E-state index < -0.39 is 22.1 Å². The fourth-order valence-electron chi connectivity index (χ4n) is 5.39. The van der Waals surface area contributed by atoms with Gasteiger partial charge in [-0.05, 0) is 66.8 Å². The number of likely N-dealkylation sites (tertiary alicyclic amines) is 2. The summed E-state index contributed by atoms with van der Waals surface area (Å²) in [6, 6.07) is 18.6. The predicted octanol–water partition coefficient (Wildman–Crippen LogP) is 4.17. The van der Waals surface area contributed by atoms with Crippen LogP contribution in [0.5, 0.6) is 0 Å². The predicted molar refractivity (Wildman–Crippen MR) is 144 cm³/mol. The molecule has 194 valence electrons. The zero-order valence-electron chi connectivity index (χ0n) is 20.6. The van der Waals surface area contributed by atoms with Gasteiger partial charge in [0.2, 0.25) is 21.8 Å². The molecule has 0 radical (unpaired) electrons. The summed E-state index contributed by atoms with van der Waals surface area (Å²) in [4.78, 5) is 30.0. The molecular formula is C28H30ClN3O4S. The molecule has 2 aliphatic rings. The van der Waals surface area contributed by atoms with Gasteiger partial charge in [0.1, 0.15) is 12.1 Å². The molecule has 0 aromatic heterocycles. The van der Waals surface area contributed by atoms with Gasteiger partial charge in [-0.2, -0.15) is 4.72 Å². The monoisotopic (exact) mass is 539 g/mol. The number of hydrogen-bond donors (Lipinski definition) is 1. The maximum atomic E-state index is 13.4. The van der Waals surface area contributed by atoms with E-state index in [2.05, 4.69) is 16.9 Å². The summed E-state index contributed by atoms with van der Waals surface area (Å²) in [5, 5.41) is 2.14. The van der Waals surface area contributed by atoms with Gasteiger partial charge < -0.3 is 9.80 Å². The minimum absolute atomic E-state index is 0.0815. The van der Waals surface area contributed by atoms with Crippen LogP contribution in [0.15, 0.2) is 71.6 Å². The summed E-state index contributed by atoms with van der Waals surface area (Å²) >= 11 is 6.02. The van der Waals surface area contributed by atoms with Crippen LogP contribution in [0.1, 0.15) is 37.7 Å². The van der Waals surface area contributed by atoms with Crippen molar-refractivity contribution < 1.29 is 18.0 Å². The van der Waals surface area contributed by atoms with Crippen LogP contribution in [-0.4, -0.2) is 61.7 Å². The van der Waals surface area contributed by atoms with Crippen LogP contribution in [-0.2, 0) is 19.6 Å². The Balaban J connectivity index is 1.24. The Kier molecular flexibility index (Phi) is 7.25. The minimum atomic E-state index is -3.93. The summed E-state index contributed by atoms with van der Waals surface area (Å²) in [6.07, 6.45) is 2.24. The zero-order valence-corrected chi connectivity index (χ0v) is 22.2. The Bertz CT molecular complexity index is 1430. The molecule has 2 aliphatic heterocycles. The summed E-state index contributed by atoms with van der Waals surface area (Å²) < 4.78 is 28.7. The standard InChI is InChI=1S/C28H30ClN3O4S/c1-19(27(33)31-14-5-8-23(18-31)20-6-3-2-4-7-20)32-15-13-26(28(32)34)30-37(35,36)25-12-10-21-16-24(29)11-9-22(21)17-25/h2-4,6-7,9-12,16-17,19,23,26,30H,5,8,13-15,18H2,1H3/t19-,23?,26?/m0/s1. The number of nitrogens with zero attached hydrogens (tertiary/aromatic N) is 2. The van der Waals surface area contributed by atoms with Crippen LogP contribution < -0.4 is 4.72 Å². The third kappa shape index (κ3) is 5.37. The highest BCUT2D eigenvalue weighted by molar-refractivity contribution is 7.89. The quantitative estimate of drug-likeness (QED) is 0.509. The van der Waals surface area contributed by atoms with E-state index in [1.54, 1.807) is 37.3 Å². The van der Waals surface area contributed by atoms with Gasteiger partial charge in [-0.15, -0.1) is 0 Å². The number of fused-ring (bicyclic) bond motifs is 1. The number of amides is 2. The van der Waals surface area contributed by atoms with Crippen molar-refractivity contribution in [3.63, 3.8) is 0 Å². The normalized spacial score (nSPS) is 21.4. The zero-order chi connectivity index (χ0) is 26.2. The molecule has 3 aromatic carbocycles. The third-order valence-electron chi connectivity index (χ3n) is 7.45. The Morgan fingerprint density at radius 3 is 2.51 bits per heavy atom. The molecule has 2 fully saturated rings. The highest BCUT2D eigenvalue weighted by Gasteiger charge is 2.40. The fraction of sp³-hybridized carbons (Fsp3) is 0.357. The lowest BCUT2D eigenvalue weighted by atomic mass is 9.90. The second-order valence-electron chi connectivity index (χ2n) is 9.86. The number of carbonyl (C=O) groups excluding carboxylic acids is 2. The molecule has 3 atom stereocenters. The number of halogens is 1. The summed E-state index contributed by atoms with van der Waals surface area (Å²) in [6.45, 7) is 3.35. The SMILES string of the molecule is C[C@@H](C(=O)N1CCCC(c2ccccc2)C1)N1CCC(NS(=O)(=O)c2ccc3cc(Cl)ccc3c2)C1=O. The summed E-state index contributed by atoms with van der Waals surface area (Å²) in [5.74, 6) is -0.183. The molecule has 0 spiro atoms. The van der Waals surface area contributed by atoms with Crippen LogP contribution in [0.4, 0.5) is 0 Å². The lowest BCUT2D eigenvalue weighted by Crippen LogP contribution is -2.52. The van der Waals surface area contributed by atoms with E-state index in [1.807, 2.05) is 23.1 Å². The Morgan fingerprint density at radius 2 is 1.73 bits per heavy atom. The molecule has 2 saturated heterocycles. The van der Waals surface area contributed by atoms with Crippen molar-refractivity contribution in [3.05, 3.63) is 77.3 Å². The smallest absolute Gasteiger partial charge is 0.245 e. The topological polar surface area (TPSA) is 86.8 Å². The molecule has 5 rings (SSSR count). The van der Waals surface area contributed by atoms with Crippen LogP contribution in [0.3, 0.4) is 0 Å². The summed E-state index contributed by atoms with van der Waals surface area (Å²) in [7, 11) is -3.93. The molecule has 7 nitrogen and oxygen atoms in total. The van der Waals surface area contributed by atoms with Gasteiger partial charge >= 0.3 is 0 Å². The van der Waals surface area contributed by atoms with Crippen molar-refractivity contribution in [2.75, 3.05) is 19.6 Å². The molecule has 9 heteroatoms. The number of rotatable bonds is 6. The van der Waals surface area contributed by atoms with E-state index in [-0.39, 0.29) is 22.6 Å². The van der Waals surface area contributed by atoms with Crippen molar-refractivity contribution in [1.29, 1.82) is 0 Å². The number of carbonyl (C=O) groups is 2. The summed E-state index contributed by atoms with van der Waals surface area (Å²) in [5.41, 5.74) is 1.22. The molecular weight excluding hydrogens is 510 g/mol. The highest BCUT2D eigenvalue weighted by Crippen LogP contribution is 2.28. The van der Waals surface area contributed by atoms with Gasteiger partial charge in [-0.1, -0.05) is 54.1 Å². The molecule has 0 aliphatic carbocycles. The average Bonchev–Trinajstić information content (AvgIpc) is 3.27. The lowest BCUT2D eigenvalue weighted by molar-refractivity contribution is -0.144. The molecule has 3 aromatic rings. The average molecular weight is 540 g/mol. The first-order valence-electron chi connectivity index (χ1n) is 12.6. The second kappa shape index (κ2) is 10.4. The van der Waals surface area contributed by atoms with Gasteiger partial charge in [-0.3, -0.25) is 9.59 Å². The van der Waals surface area contributed by atoms with Gasteiger partial charge in [0.25, 0.3) is 0 Å². The van der Waals surface area contributed by atoms with Crippen molar-refractivity contribution in [2.24, 2.45) is 0 Å². The van der Waals surface area contributed by atoms with E-state index in [0.717, 1.165) is 23.6 Å². The van der Waals surface area contributed by atoms with E-state index in [0.29, 0.717) is 31.1 Å². The number of hydrogen-bond acceptors (Lipinski definition) is 4. The number of piperidine rings is 1. The Hall–Kier alpha value is -2.94. The first-order chi connectivity index (χ1) is 17.7. The van der Waals surface area contributed by atoms with E-state index >= 15 is 0 Å². The molecule has 0 bridgehead atoms. The fourth-order valence-corrected chi connectivity index (χ4v) is 6.82. The molecule has 2 heterocycles. The molecule has 2 unspecified atom stereocenters. The Morgan fingerprint density at radius 1 is 1.00 bits per heavy atom. The van der Waals surface area contributed by atoms with Gasteiger partial charge in [0, 0.05) is 30.6 Å². The van der Waals surface area contributed by atoms with Crippen LogP contribution in [0, 0.1) is 0 Å². The van der Waals surface area contributed by atoms with Crippen molar-refractivity contribution in [3.8, 4) is 0 Å². The van der Waals surface area contributed by atoms with Gasteiger partial charge in [0.05, 0.1) is 4.90 Å². The van der Waals surface area contributed by atoms with Crippen LogP contribution in [0.2, 0.25) is 5.02 Å². The van der Waals surface area contributed by atoms with Crippen molar-refractivity contribution in [2.45, 2.75) is 49.1 Å². The molecule has 37 heavy (non-hydrogen) atoms. The van der Waals surface area contributed by atoms with Gasteiger partial charge in [-0.25, -0.2) is 8.42 Å². The molecule has 1 N–H and O–H groups in total. The van der Waals surface area contributed by atoms with Crippen LogP contribution in [0.25, 0.3) is 10.8 Å². The Labute approximate surface area is 222 Å². The maximum absolute atomic E-state index is 13.4. The number of sulfonamides is 1. The molecule has 0 saturated carbocycles. The number of benzene rings is 3. The van der Waals surface area contributed by atoms with E-state index in [4.69, 9.17) is 11.6 Å². The first kappa shape index (κ1) is 25.7.